The van der Waals surface area contributed by atoms with Gasteiger partial charge < -0.3 is 0 Å². The zero-order valence-electron chi connectivity index (χ0n) is 9.23. The number of aromatic nitrogens is 3. The van der Waals surface area contributed by atoms with Gasteiger partial charge in [-0.2, -0.15) is 5.10 Å². The normalized spacial score (nSPS) is 10.8. The lowest BCUT2D eigenvalue weighted by Gasteiger charge is -2.02. The number of rotatable bonds is 3. The van der Waals surface area contributed by atoms with Crippen molar-refractivity contribution < 1.29 is 0 Å². The van der Waals surface area contributed by atoms with Crippen molar-refractivity contribution in [2.24, 2.45) is 7.05 Å². The highest BCUT2D eigenvalue weighted by atomic mass is 35.5. The fourth-order valence-electron chi connectivity index (χ4n) is 1.56. The van der Waals surface area contributed by atoms with Crippen molar-refractivity contribution in [3.8, 4) is 0 Å². The molecule has 90 valence electrons. The second kappa shape index (κ2) is 4.94. The van der Waals surface area contributed by atoms with E-state index in [1.807, 2.05) is 12.1 Å². The Morgan fingerprint density at radius 1 is 1.24 bits per heavy atom. The first-order chi connectivity index (χ1) is 8.06. The number of benzene rings is 1. The van der Waals surface area contributed by atoms with Crippen molar-refractivity contribution in [3.63, 3.8) is 0 Å². The predicted molar refractivity (Wildman–Crippen MR) is 67.6 cm³/mol. The average Bonchev–Trinajstić information content (AvgIpc) is 2.56. The molecule has 0 radical (unpaired) electrons. The summed E-state index contributed by atoms with van der Waals surface area (Å²) in [5, 5.41) is 5.17. The summed E-state index contributed by atoms with van der Waals surface area (Å²) in [5.74, 6) is 0. The molecule has 0 unspecified atom stereocenters. The van der Waals surface area contributed by atoms with Crippen molar-refractivity contribution in [1.29, 1.82) is 0 Å². The number of halogens is 2. The molecular weight excluding hydrogens is 261 g/mol. The van der Waals surface area contributed by atoms with Crippen LogP contribution in [0.4, 0.5) is 0 Å². The minimum atomic E-state index is -0.127. The molecule has 0 aliphatic rings. The van der Waals surface area contributed by atoms with Crippen molar-refractivity contribution in [1.82, 2.24) is 14.3 Å². The summed E-state index contributed by atoms with van der Waals surface area (Å²) in [6, 6.07) is 5.35. The molecule has 0 spiro atoms. The maximum Gasteiger partial charge on any atom is 0.345 e. The Balaban J connectivity index is 2.12. The molecule has 0 bridgehead atoms. The summed E-state index contributed by atoms with van der Waals surface area (Å²) in [7, 11) is 1.67. The molecule has 4 nitrogen and oxygen atoms in total. The van der Waals surface area contributed by atoms with E-state index in [2.05, 4.69) is 5.10 Å². The molecule has 1 aromatic carbocycles. The number of aryl methyl sites for hydroxylation is 3. The largest absolute Gasteiger partial charge is 0.345 e. The number of hydrogen-bond acceptors (Lipinski definition) is 2. The van der Waals surface area contributed by atoms with Crippen LogP contribution < -0.4 is 5.69 Å². The molecule has 0 N–H and O–H groups in total. The highest BCUT2D eigenvalue weighted by Crippen LogP contribution is 2.19. The first kappa shape index (κ1) is 12.2. The van der Waals surface area contributed by atoms with Crippen molar-refractivity contribution in [2.75, 3.05) is 0 Å². The van der Waals surface area contributed by atoms with Gasteiger partial charge in [0.25, 0.3) is 0 Å². The molecule has 17 heavy (non-hydrogen) atoms. The Kier molecular flexibility index (Phi) is 3.54. The summed E-state index contributed by atoms with van der Waals surface area (Å²) < 4.78 is 2.85. The van der Waals surface area contributed by atoms with Crippen LogP contribution in [-0.2, 0) is 20.0 Å². The fourth-order valence-corrected chi connectivity index (χ4v) is 2.14. The third kappa shape index (κ3) is 2.90. The predicted octanol–water partition coefficient (Wildman–Crippen LogP) is 2.13. The van der Waals surface area contributed by atoms with Crippen LogP contribution in [0.1, 0.15) is 5.56 Å². The maximum absolute atomic E-state index is 11.5. The van der Waals surface area contributed by atoms with Crippen molar-refractivity contribution in [2.45, 2.75) is 13.0 Å². The molecule has 1 heterocycles. The first-order valence-electron chi connectivity index (χ1n) is 5.09. The smallest absolute Gasteiger partial charge is 0.285 e. The lowest BCUT2D eigenvalue weighted by molar-refractivity contribution is 0.585. The van der Waals surface area contributed by atoms with E-state index >= 15 is 0 Å². The van der Waals surface area contributed by atoms with E-state index in [4.69, 9.17) is 23.2 Å². The van der Waals surface area contributed by atoms with Gasteiger partial charge in [-0.25, -0.2) is 9.48 Å². The Morgan fingerprint density at radius 3 is 2.41 bits per heavy atom. The van der Waals surface area contributed by atoms with Gasteiger partial charge in [0.2, 0.25) is 0 Å². The molecular formula is C11H11Cl2N3O. The molecule has 0 saturated carbocycles. The fraction of sp³-hybridized carbons (Fsp3) is 0.273. The van der Waals surface area contributed by atoms with Gasteiger partial charge in [-0.15, -0.1) is 0 Å². The van der Waals surface area contributed by atoms with Crippen LogP contribution in [0.3, 0.4) is 0 Å². The molecule has 0 atom stereocenters. The van der Waals surface area contributed by atoms with Gasteiger partial charge in [0.05, 0.1) is 6.54 Å². The van der Waals surface area contributed by atoms with E-state index in [0.717, 1.165) is 5.56 Å². The molecule has 1 aromatic heterocycles. The molecule has 0 saturated heterocycles. The molecule has 6 heteroatoms. The second-order valence-electron chi connectivity index (χ2n) is 3.78. The lowest BCUT2D eigenvalue weighted by Crippen LogP contribution is -2.23. The van der Waals surface area contributed by atoms with Gasteiger partial charge >= 0.3 is 5.69 Å². The minimum absolute atomic E-state index is 0.127. The van der Waals surface area contributed by atoms with Gasteiger partial charge in [-0.3, -0.25) is 4.57 Å². The van der Waals surface area contributed by atoms with Crippen LogP contribution in [0.25, 0.3) is 0 Å². The van der Waals surface area contributed by atoms with E-state index in [1.165, 1.54) is 15.6 Å². The van der Waals surface area contributed by atoms with Crippen LogP contribution in [0.2, 0.25) is 10.0 Å². The lowest BCUT2D eigenvalue weighted by atomic mass is 10.1. The molecule has 0 amide bonds. The van der Waals surface area contributed by atoms with Crippen molar-refractivity contribution >= 4 is 23.2 Å². The van der Waals surface area contributed by atoms with Crippen LogP contribution in [0.5, 0.6) is 0 Å². The summed E-state index contributed by atoms with van der Waals surface area (Å²) in [4.78, 5) is 11.5. The van der Waals surface area contributed by atoms with Crippen molar-refractivity contribution in [3.05, 3.63) is 50.6 Å². The topological polar surface area (TPSA) is 39.8 Å². The zero-order chi connectivity index (χ0) is 12.4. The van der Waals surface area contributed by atoms with Crippen LogP contribution in [0, 0.1) is 0 Å². The third-order valence-corrected chi connectivity index (χ3v) is 2.86. The summed E-state index contributed by atoms with van der Waals surface area (Å²) in [6.07, 6.45) is 2.16. The number of hydrogen-bond donors (Lipinski definition) is 0. The molecule has 2 rings (SSSR count). The monoisotopic (exact) mass is 271 g/mol. The second-order valence-corrected chi connectivity index (χ2v) is 4.65. The van der Waals surface area contributed by atoms with E-state index in [0.29, 0.717) is 23.0 Å². The highest BCUT2D eigenvalue weighted by Gasteiger charge is 2.03. The van der Waals surface area contributed by atoms with Crippen LogP contribution in [0.15, 0.2) is 29.3 Å². The van der Waals surface area contributed by atoms with E-state index in [-0.39, 0.29) is 5.69 Å². The third-order valence-electron chi connectivity index (χ3n) is 2.42. The summed E-state index contributed by atoms with van der Waals surface area (Å²) in [6.45, 7) is 0.510. The Bertz CT molecular complexity index is 568. The molecule has 2 aromatic rings. The Labute approximate surface area is 108 Å². The van der Waals surface area contributed by atoms with Gasteiger partial charge in [-0.1, -0.05) is 23.2 Å². The van der Waals surface area contributed by atoms with Crippen LogP contribution >= 0.6 is 23.2 Å². The summed E-state index contributed by atoms with van der Waals surface area (Å²) >= 11 is 11.8. The van der Waals surface area contributed by atoms with E-state index < -0.39 is 0 Å². The summed E-state index contributed by atoms with van der Waals surface area (Å²) in [5.41, 5.74) is 0.859. The Hall–Kier alpha value is -1.26. The van der Waals surface area contributed by atoms with Gasteiger partial charge in [0.1, 0.15) is 6.33 Å². The highest BCUT2D eigenvalue weighted by molar-refractivity contribution is 6.34. The van der Waals surface area contributed by atoms with E-state index in [1.54, 1.807) is 13.1 Å². The van der Waals surface area contributed by atoms with Gasteiger partial charge in [-0.05, 0) is 30.2 Å². The zero-order valence-corrected chi connectivity index (χ0v) is 10.7. The quantitative estimate of drug-likeness (QED) is 0.858. The molecule has 0 fully saturated rings. The SMILES string of the molecule is Cn1cnn(CCc2cc(Cl)cc(Cl)c2)c1=O. The Morgan fingerprint density at radius 2 is 1.88 bits per heavy atom. The van der Waals surface area contributed by atoms with E-state index in [9.17, 15) is 4.79 Å². The molecule has 0 aliphatic carbocycles. The van der Waals surface area contributed by atoms with Gasteiger partial charge in [0, 0.05) is 17.1 Å². The number of nitrogens with zero attached hydrogens (tertiary/aromatic N) is 3. The average molecular weight is 272 g/mol. The standard InChI is InChI=1S/C11H11Cl2N3O/c1-15-7-14-16(11(15)17)3-2-8-4-9(12)6-10(13)5-8/h4-7H,2-3H2,1H3. The first-order valence-corrected chi connectivity index (χ1v) is 5.85. The molecule has 0 aliphatic heterocycles. The minimum Gasteiger partial charge on any atom is -0.285 e. The van der Waals surface area contributed by atoms with Crippen LogP contribution in [-0.4, -0.2) is 14.3 Å². The maximum atomic E-state index is 11.5. The van der Waals surface area contributed by atoms with Gasteiger partial charge in [0.15, 0.2) is 0 Å².